The number of para-hydroxylation sites is 1. The van der Waals surface area contributed by atoms with E-state index < -0.39 is 10.0 Å². The maximum Gasteiger partial charge on any atom is 0.263 e. The van der Waals surface area contributed by atoms with Gasteiger partial charge in [0.1, 0.15) is 4.90 Å². The molecule has 0 saturated heterocycles. The molecule has 108 valence electrons. The number of anilines is 1. The molecule has 20 heavy (non-hydrogen) atoms. The number of aromatic nitrogens is 1. The van der Waals surface area contributed by atoms with Gasteiger partial charge >= 0.3 is 0 Å². The predicted molar refractivity (Wildman–Crippen MR) is 82.6 cm³/mol. The topological polar surface area (TPSA) is 74.0 Å². The Hall–Kier alpha value is -1.44. The number of nitrogens with one attached hydrogen (secondary N) is 3. The second-order valence-corrected chi connectivity index (χ2v) is 6.73. The Balaban J connectivity index is 2.26. The third-order valence-corrected chi connectivity index (χ3v) is 4.89. The van der Waals surface area contributed by atoms with Gasteiger partial charge < -0.3 is 10.3 Å². The van der Waals surface area contributed by atoms with E-state index in [1.165, 1.54) is 18.0 Å². The zero-order valence-electron chi connectivity index (χ0n) is 11.3. The van der Waals surface area contributed by atoms with Crippen LogP contribution in [0.3, 0.4) is 0 Å². The molecule has 2 rings (SSSR count). The van der Waals surface area contributed by atoms with Gasteiger partial charge in [0.15, 0.2) is 0 Å². The summed E-state index contributed by atoms with van der Waals surface area (Å²) in [5.41, 5.74) is 1.42. The molecule has 1 heterocycles. The van der Waals surface area contributed by atoms with Crippen LogP contribution in [0, 0.1) is 0 Å². The largest absolute Gasteiger partial charge is 0.363 e. The smallest absolute Gasteiger partial charge is 0.263 e. The summed E-state index contributed by atoms with van der Waals surface area (Å²) < 4.78 is 27.3. The number of thioether (sulfide) groups is 1. The second-order valence-electron chi connectivity index (χ2n) is 4.20. The fourth-order valence-electron chi connectivity index (χ4n) is 1.80. The summed E-state index contributed by atoms with van der Waals surface area (Å²) in [5.74, 6) is 0. The molecule has 7 heteroatoms. The summed E-state index contributed by atoms with van der Waals surface area (Å²) >= 11 is 1.50. The van der Waals surface area contributed by atoms with Crippen molar-refractivity contribution >= 4 is 27.5 Å². The second kappa shape index (κ2) is 6.34. The van der Waals surface area contributed by atoms with Crippen LogP contribution in [0.5, 0.6) is 0 Å². The van der Waals surface area contributed by atoms with E-state index in [0.29, 0.717) is 12.2 Å². The van der Waals surface area contributed by atoms with Crippen molar-refractivity contribution in [3.05, 3.63) is 42.2 Å². The third-order valence-electron chi connectivity index (χ3n) is 2.75. The highest BCUT2D eigenvalue weighted by Crippen LogP contribution is 2.27. The van der Waals surface area contributed by atoms with Gasteiger partial charge in [0.2, 0.25) is 0 Å². The molecule has 0 atom stereocenters. The molecule has 0 fully saturated rings. The van der Waals surface area contributed by atoms with E-state index in [-0.39, 0.29) is 4.90 Å². The monoisotopic (exact) mass is 311 g/mol. The minimum absolute atomic E-state index is 0.235. The first-order valence-corrected chi connectivity index (χ1v) is 8.75. The van der Waals surface area contributed by atoms with E-state index in [1.54, 1.807) is 18.2 Å². The van der Waals surface area contributed by atoms with Crippen LogP contribution < -0.4 is 10.0 Å². The van der Waals surface area contributed by atoms with Crippen LogP contribution in [-0.2, 0) is 16.6 Å². The molecule has 0 bridgehead atoms. The van der Waals surface area contributed by atoms with Gasteiger partial charge in [-0.15, -0.1) is 11.8 Å². The lowest BCUT2D eigenvalue weighted by Crippen LogP contribution is -2.12. The minimum Gasteiger partial charge on any atom is -0.363 e. The normalized spacial score (nSPS) is 11.5. The van der Waals surface area contributed by atoms with E-state index >= 15 is 0 Å². The zero-order valence-corrected chi connectivity index (χ0v) is 12.9. The third kappa shape index (κ3) is 3.36. The van der Waals surface area contributed by atoms with Crippen molar-refractivity contribution in [1.82, 2.24) is 10.3 Å². The molecule has 1 aromatic heterocycles. The highest BCUT2D eigenvalue weighted by Gasteiger charge is 2.17. The summed E-state index contributed by atoms with van der Waals surface area (Å²) in [4.78, 5) is 4.07. The van der Waals surface area contributed by atoms with Crippen molar-refractivity contribution in [3.63, 3.8) is 0 Å². The molecule has 0 aliphatic rings. The Labute approximate surface area is 123 Å². The summed E-state index contributed by atoms with van der Waals surface area (Å²) in [6.45, 7) is 0.594. The van der Waals surface area contributed by atoms with Gasteiger partial charge in [0.25, 0.3) is 10.0 Å². The molecule has 5 nitrogen and oxygen atoms in total. The van der Waals surface area contributed by atoms with Crippen molar-refractivity contribution in [2.24, 2.45) is 0 Å². The lowest BCUT2D eigenvalue weighted by atomic mass is 10.3. The van der Waals surface area contributed by atoms with Crippen molar-refractivity contribution in [2.75, 3.05) is 18.0 Å². The van der Waals surface area contributed by atoms with Gasteiger partial charge in [-0.2, -0.15) is 0 Å². The average molecular weight is 311 g/mol. The molecule has 0 radical (unpaired) electrons. The molecule has 0 unspecified atom stereocenters. The van der Waals surface area contributed by atoms with Crippen LogP contribution in [0.25, 0.3) is 0 Å². The van der Waals surface area contributed by atoms with Crippen molar-refractivity contribution < 1.29 is 8.42 Å². The maximum atomic E-state index is 12.3. The fourth-order valence-corrected chi connectivity index (χ4v) is 3.51. The lowest BCUT2D eigenvalue weighted by molar-refractivity contribution is 0.601. The number of sulfonamides is 1. The molecule has 0 aliphatic carbocycles. The Kier molecular flexibility index (Phi) is 4.74. The Morgan fingerprint density at radius 1 is 1.30 bits per heavy atom. The Morgan fingerprint density at radius 2 is 2.05 bits per heavy atom. The molecule has 1 aromatic carbocycles. The first-order valence-electron chi connectivity index (χ1n) is 6.04. The molecule has 0 spiro atoms. The first-order chi connectivity index (χ1) is 9.56. The molecule has 0 saturated carbocycles. The number of benzene rings is 1. The number of H-pyrrole nitrogens is 1. The van der Waals surface area contributed by atoms with Crippen LogP contribution >= 0.6 is 11.8 Å². The van der Waals surface area contributed by atoms with Crippen LogP contribution in [0.2, 0.25) is 0 Å². The average Bonchev–Trinajstić information content (AvgIpc) is 2.89. The van der Waals surface area contributed by atoms with Gasteiger partial charge in [-0.25, -0.2) is 8.42 Å². The quantitative estimate of drug-likeness (QED) is 0.715. The highest BCUT2D eigenvalue weighted by atomic mass is 32.2. The van der Waals surface area contributed by atoms with E-state index in [2.05, 4.69) is 15.0 Å². The molecular weight excluding hydrogens is 294 g/mol. The Morgan fingerprint density at radius 3 is 2.75 bits per heavy atom. The highest BCUT2D eigenvalue weighted by molar-refractivity contribution is 7.99. The maximum absolute atomic E-state index is 12.3. The van der Waals surface area contributed by atoms with Gasteiger partial charge in [-0.3, -0.25) is 4.72 Å². The van der Waals surface area contributed by atoms with Crippen LogP contribution in [-0.4, -0.2) is 26.7 Å². The number of aromatic amines is 1. The summed E-state index contributed by atoms with van der Waals surface area (Å²) in [5, 5.41) is 2.97. The molecule has 2 aromatic rings. The van der Waals surface area contributed by atoms with Gasteiger partial charge in [0.05, 0.1) is 5.69 Å². The van der Waals surface area contributed by atoms with Crippen molar-refractivity contribution in [2.45, 2.75) is 16.3 Å². The van der Waals surface area contributed by atoms with Crippen molar-refractivity contribution in [1.29, 1.82) is 0 Å². The zero-order chi connectivity index (χ0) is 14.6. The van der Waals surface area contributed by atoms with Crippen molar-refractivity contribution in [3.8, 4) is 0 Å². The number of hydrogen-bond donors (Lipinski definition) is 3. The van der Waals surface area contributed by atoms with Gasteiger partial charge in [0, 0.05) is 23.3 Å². The standard InChI is InChI=1S/C13H17N3O2S2/c1-14-8-10-7-11(9-15-10)20(17,18)16-12-5-3-4-6-13(12)19-2/h3-7,9,14-16H,8H2,1-2H3. The van der Waals surface area contributed by atoms with Gasteiger partial charge in [-0.05, 0) is 31.5 Å². The van der Waals surface area contributed by atoms with E-state index in [9.17, 15) is 8.42 Å². The van der Waals surface area contributed by atoms with Crippen LogP contribution in [0.1, 0.15) is 5.69 Å². The molecule has 3 N–H and O–H groups in total. The van der Waals surface area contributed by atoms with E-state index in [0.717, 1.165) is 10.6 Å². The van der Waals surface area contributed by atoms with Crippen LogP contribution in [0.15, 0.2) is 46.3 Å². The SMILES string of the molecule is CNCc1cc(S(=O)(=O)Nc2ccccc2SC)c[nH]1. The van der Waals surface area contributed by atoms with Gasteiger partial charge in [-0.1, -0.05) is 12.1 Å². The molecular formula is C13H17N3O2S2. The minimum atomic E-state index is -3.57. The fraction of sp³-hybridized carbons (Fsp3) is 0.231. The number of hydrogen-bond acceptors (Lipinski definition) is 4. The summed E-state index contributed by atoms with van der Waals surface area (Å²) in [7, 11) is -1.76. The predicted octanol–water partition coefficient (Wildman–Crippen LogP) is 2.26. The number of rotatable bonds is 6. The van der Waals surface area contributed by atoms with E-state index in [1.807, 2.05) is 25.4 Å². The molecule has 0 amide bonds. The summed E-state index contributed by atoms with van der Waals surface area (Å²) in [6, 6.07) is 8.95. The van der Waals surface area contributed by atoms with E-state index in [4.69, 9.17) is 0 Å². The lowest BCUT2D eigenvalue weighted by Gasteiger charge is -2.09. The summed E-state index contributed by atoms with van der Waals surface area (Å²) in [6.07, 6.45) is 3.41. The molecule has 0 aliphatic heterocycles. The van der Waals surface area contributed by atoms with Crippen LogP contribution in [0.4, 0.5) is 5.69 Å². The Bertz CT molecular complexity index is 680. The first kappa shape index (κ1) is 15.0.